The number of benzene rings is 2. The fourth-order valence-electron chi connectivity index (χ4n) is 2.05. The molecule has 0 bridgehead atoms. The van der Waals surface area contributed by atoms with Crippen molar-refractivity contribution in [1.29, 1.82) is 0 Å². The van der Waals surface area contributed by atoms with Crippen LogP contribution in [0.5, 0.6) is 0 Å². The second kappa shape index (κ2) is 8.88. The minimum atomic E-state index is -0.596. The number of amides is 2. The highest BCUT2D eigenvalue weighted by atomic mass is 35.5. The summed E-state index contributed by atoms with van der Waals surface area (Å²) in [5, 5.41) is 13.5. The molecule has 0 aliphatic heterocycles. The maximum atomic E-state index is 12.3. The molecule has 2 aromatic carbocycles. The first-order valence-electron chi connectivity index (χ1n) is 7.19. The molecule has 0 atom stereocenters. The lowest BCUT2D eigenvalue weighted by Gasteiger charge is -2.19. The number of anilines is 2. The molecule has 0 aliphatic rings. The Morgan fingerprint density at radius 1 is 1.15 bits per heavy atom. The number of para-hydroxylation sites is 3. The lowest BCUT2D eigenvalue weighted by Crippen LogP contribution is -2.25. The molecule has 1 N–H and O–H groups in total. The smallest absolute Gasteiger partial charge is 0.292 e. The summed E-state index contributed by atoms with van der Waals surface area (Å²) in [6.45, 7) is 0. The number of carbonyl (C=O) groups excluding carboxylic acids is 2. The summed E-state index contributed by atoms with van der Waals surface area (Å²) < 4.78 is 0. The van der Waals surface area contributed by atoms with Crippen molar-refractivity contribution >= 4 is 63.2 Å². The van der Waals surface area contributed by atoms with Crippen LogP contribution in [-0.4, -0.2) is 28.9 Å². The van der Waals surface area contributed by atoms with E-state index in [1.807, 2.05) is 0 Å². The third kappa shape index (κ3) is 4.87. The van der Waals surface area contributed by atoms with Crippen LogP contribution < -0.4 is 10.2 Å². The van der Waals surface area contributed by atoms with Gasteiger partial charge in [0.2, 0.25) is 5.91 Å². The Labute approximate surface area is 163 Å². The average Bonchev–Trinajstić information content (AvgIpc) is 2.59. The molecule has 0 heterocycles. The predicted molar refractivity (Wildman–Crippen MR) is 104 cm³/mol. The summed E-state index contributed by atoms with van der Waals surface area (Å²) in [6, 6.07) is 10.6. The Morgan fingerprint density at radius 2 is 1.77 bits per heavy atom. The summed E-state index contributed by atoms with van der Waals surface area (Å²) in [4.78, 5) is 35.9. The number of halogens is 2. The van der Waals surface area contributed by atoms with Gasteiger partial charge in [0.25, 0.3) is 10.9 Å². The van der Waals surface area contributed by atoms with Gasteiger partial charge in [-0.2, -0.15) is 0 Å². The molecule has 0 saturated heterocycles. The number of nitrogens with one attached hydrogen (secondary N) is 1. The fraction of sp³-hybridized carbons (Fsp3) is 0.125. The van der Waals surface area contributed by atoms with Crippen LogP contribution in [-0.2, 0) is 4.79 Å². The highest BCUT2D eigenvalue weighted by molar-refractivity contribution is 8.14. The van der Waals surface area contributed by atoms with Gasteiger partial charge in [-0.1, -0.05) is 53.2 Å². The topological polar surface area (TPSA) is 92.6 Å². The van der Waals surface area contributed by atoms with E-state index in [4.69, 9.17) is 23.2 Å². The van der Waals surface area contributed by atoms with Crippen LogP contribution in [0.3, 0.4) is 0 Å². The van der Waals surface area contributed by atoms with Crippen molar-refractivity contribution in [3.63, 3.8) is 0 Å². The van der Waals surface area contributed by atoms with E-state index >= 15 is 0 Å². The molecule has 0 spiro atoms. The van der Waals surface area contributed by atoms with Crippen LogP contribution in [0.1, 0.15) is 0 Å². The van der Waals surface area contributed by atoms with Gasteiger partial charge in [-0.3, -0.25) is 19.7 Å². The Bertz CT molecular complexity index is 843. The molecule has 0 aliphatic carbocycles. The SMILES string of the molecule is CN(C(=O)SCC(=O)Nc1ccccc1[N+](=O)[O-])c1c(Cl)cccc1Cl. The van der Waals surface area contributed by atoms with Crippen molar-refractivity contribution in [3.05, 3.63) is 62.6 Å². The molecule has 0 aromatic heterocycles. The number of nitro groups is 1. The first-order valence-corrected chi connectivity index (χ1v) is 8.93. The number of rotatable bonds is 5. The van der Waals surface area contributed by atoms with Crippen LogP contribution in [0, 0.1) is 10.1 Å². The van der Waals surface area contributed by atoms with Gasteiger partial charge in [0.05, 0.1) is 26.4 Å². The van der Waals surface area contributed by atoms with Crippen molar-refractivity contribution in [2.45, 2.75) is 0 Å². The van der Waals surface area contributed by atoms with Crippen molar-refractivity contribution in [3.8, 4) is 0 Å². The van der Waals surface area contributed by atoms with Gasteiger partial charge in [-0.25, -0.2) is 0 Å². The highest BCUT2D eigenvalue weighted by Gasteiger charge is 2.20. The fourth-order valence-corrected chi connectivity index (χ4v) is 3.31. The molecule has 10 heteroatoms. The number of nitrogens with zero attached hydrogens (tertiary/aromatic N) is 2. The molecule has 7 nitrogen and oxygen atoms in total. The van der Waals surface area contributed by atoms with Gasteiger partial charge in [0.1, 0.15) is 5.69 Å². The van der Waals surface area contributed by atoms with Crippen LogP contribution in [0.2, 0.25) is 10.0 Å². The summed E-state index contributed by atoms with van der Waals surface area (Å²) >= 11 is 12.8. The molecule has 136 valence electrons. The number of carbonyl (C=O) groups is 2. The van der Waals surface area contributed by atoms with Crippen molar-refractivity contribution in [2.24, 2.45) is 0 Å². The van der Waals surface area contributed by atoms with E-state index in [1.165, 1.54) is 30.1 Å². The second-order valence-electron chi connectivity index (χ2n) is 5.01. The zero-order valence-corrected chi connectivity index (χ0v) is 15.8. The zero-order chi connectivity index (χ0) is 19.3. The summed E-state index contributed by atoms with van der Waals surface area (Å²) in [6.07, 6.45) is 0. The van der Waals surface area contributed by atoms with Gasteiger partial charge >= 0.3 is 0 Å². The second-order valence-corrected chi connectivity index (χ2v) is 6.75. The Kier molecular flexibility index (Phi) is 6.84. The third-order valence-corrected chi connectivity index (χ3v) is 4.79. The summed E-state index contributed by atoms with van der Waals surface area (Å²) in [7, 11) is 1.49. The van der Waals surface area contributed by atoms with Gasteiger partial charge in [0.15, 0.2) is 0 Å². The molecule has 2 aromatic rings. The normalized spacial score (nSPS) is 10.3. The molecular weight excluding hydrogens is 401 g/mol. The Morgan fingerprint density at radius 3 is 2.38 bits per heavy atom. The monoisotopic (exact) mass is 413 g/mol. The van der Waals surface area contributed by atoms with E-state index in [2.05, 4.69) is 5.32 Å². The van der Waals surface area contributed by atoms with Crippen LogP contribution in [0.15, 0.2) is 42.5 Å². The largest absolute Gasteiger partial charge is 0.320 e. The minimum absolute atomic E-state index is 0.0676. The summed E-state index contributed by atoms with van der Waals surface area (Å²) in [5.74, 6) is -0.770. The number of thioether (sulfide) groups is 1. The molecule has 26 heavy (non-hydrogen) atoms. The van der Waals surface area contributed by atoms with Crippen molar-refractivity contribution < 1.29 is 14.5 Å². The number of hydrogen-bond acceptors (Lipinski definition) is 5. The molecule has 0 unspecified atom stereocenters. The predicted octanol–water partition coefficient (Wildman–Crippen LogP) is 4.83. The third-order valence-electron chi connectivity index (χ3n) is 3.25. The van der Waals surface area contributed by atoms with E-state index < -0.39 is 16.1 Å². The van der Waals surface area contributed by atoms with Crippen LogP contribution >= 0.6 is 35.0 Å². The first kappa shape index (κ1) is 20.0. The quantitative estimate of drug-likeness (QED) is 0.559. The Balaban J connectivity index is 1.99. The van der Waals surface area contributed by atoms with E-state index in [-0.39, 0.29) is 17.1 Å². The van der Waals surface area contributed by atoms with Gasteiger partial charge in [0, 0.05) is 13.1 Å². The molecule has 0 fully saturated rings. The molecule has 2 rings (SSSR count). The zero-order valence-electron chi connectivity index (χ0n) is 13.4. The molecule has 0 radical (unpaired) electrons. The standard InChI is InChI=1S/C16H13Cl2N3O4S/c1-20(15-10(17)5-4-6-11(15)18)16(23)26-9-14(22)19-12-7-2-3-8-13(12)21(24)25/h2-8H,9H2,1H3,(H,19,22). The Hall–Kier alpha value is -2.29. The maximum absolute atomic E-state index is 12.3. The maximum Gasteiger partial charge on any atom is 0.292 e. The van der Waals surface area contributed by atoms with E-state index in [0.29, 0.717) is 15.7 Å². The number of hydrogen-bond donors (Lipinski definition) is 1. The number of nitro benzene ring substituents is 1. The van der Waals surface area contributed by atoms with E-state index in [1.54, 1.807) is 24.3 Å². The lowest BCUT2D eigenvalue weighted by atomic mass is 10.2. The summed E-state index contributed by atoms with van der Waals surface area (Å²) in [5.41, 5.74) is 0.183. The van der Waals surface area contributed by atoms with Crippen molar-refractivity contribution in [2.75, 3.05) is 23.0 Å². The molecular formula is C16H13Cl2N3O4S. The molecule has 2 amide bonds. The van der Waals surface area contributed by atoms with Crippen LogP contribution in [0.25, 0.3) is 0 Å². The molecule has 0 saturated carbocycles. The van der Waals surface area contributed by atoms with Gasteiger partial charge < -0.3 is 10.2 Å². The van der Waals surface area contributed by atoms with Crippen LogP contribution in [0.4, 0.5) is 21.9 Å². The van der Waals surface area contributed by atoms with E-state index in [0.717, 1.165) is 11.8 Å². The average molecular weight is 414 g/mol. The van der Waals surface area contributed by atoms with E-state index in [9.17, 15) is 19.7 Å². The highest BCUT2D eigenvalue weighted by Crippen LogP contribution is 2.34. The van der Waals surface area contributed by atoms with Crippen molar-refractivity contribution in [1.82, 2.24) is 0 Å². The van der Waals surface area contributed by atoms with Gasteiger partial charge in [-0.05, 0) is 18.2 Å². The lowest BCUT2D eigenvalue weighted by molar-refractivity contribution is -0.383. The van der Waals surface area contributed by atoms with Gasteiger partial charge in [-0.15, -0.1) is 0 Å². The first-order chi connectivity index (χ1) is 12.3. The minimum Gasteiger partial charge on any atom is -0.320 e.